The number of carbonyl (C=O) groups is 1. The van der Waals surface area contributed by atoms with Gasteiger partial charge in [0.2, 0.25) is 5.91 Å². The third-order valence-electron chi connectivity index (χ3n) is 5.13. The van der Waals surface area contributed by atoms with E-state index in [1.54, 1.807) is 7.05 Å². The minimum Gasteiger partial charge on any atom is -0.381 e. The fraction of sp³-hybridized carbons (Fsp3) is 0.765. The number of carbonyl (C=O) groups excluding carboxylic acids is 1. The van der Waals surface area contributed by atoms with Crippen molar-refractivity contribution in [3.05, 3.63) is 18.0 Å². The molecule has 3 rings (SSSR count). The molecule has 0 saturated carbocycles. The summed E-state index contributed by atoms with van der Waals surface area (Å²) in [5.41, 5.74) is 1.20. The van der Waals surface area contributed by atoms with Crippen molar-refractivity contribution in [1.82, 2.24) is 24.9 Å². The minimum absolute atomic E-state index is 0.0111. The number of rotatable bonds is 4. The highest BCUT2D eigenvalue weighted by atomic mass is 16.5. The molecule has 0 spiro atoms. The molecule has 2 saturated heterocycles. The zero-order valence-electron chi connectivity index (χ0n) is 14.8. The van der Waals surface area contributed by atoms with Crippen LogP contribution in [0.25, 0.3) is 0 Å². The van der Waals surface area contributed by atoms with Crippen molar-refractivity contribution in [3.8, 4) is 0 Å². The normalized spacial score (nSPS) is 24.7. The predicted molar refractivity (Wildman–Crippen MR) is 91.5 cm³/mol. The van der Waals surface area contributed by atoms with Gasteiger partial charge in [-0.25, -0.2) is 0 Å². The molecule has 2 aliphatic rings. The van der Waals surface area contributed by atoms with Crippen molar-refractivity contribution >= 4 is 5.91 Å². The summed E-state index contributed by atoms with van der Waals surface area (Å²) in [6, 6.07) is 0.546. The van der Waals surface area contributed by atoms with Gasteiger partial charge in [-0.3, -0.25) is 19.3 Å². The van der Waals surface area contributed by atoms with Gasteiger partial charge in [0.05, 0.1) is 12.1 Å². The number of amides is 1. The number of aromatic nitrogens is 2. The molecule has 3 heterocycles. The average molecular weight is 335 g/mol. The van der Waals surface area contributed by atoms with Gasteiger partial charge in [-0.2, -0.15) is 5.10 Å². The van der Waals surface area contributed by atoms with E-state index in [-0.39, 0.29) is 11.8 Å². The summed E-state index contributed by atoms with van der Waals surface area (Å²) in [5, 5.41) is 7.09. The molecule has 1 aromatic heterocycles. The fourth-order valence-electron chi connectivity index (χ4n) is 3.81. The molecular weight excluding hydrogens is 306 g/mol. The zero-order valence-corrected chi connectivity index (χ0v) is 14.8. The SMILES string of the molecule is CNC(=O)[C@@H]1CN(Cc2cnn(C)c2)CCN(C2CCOCC2)C1. The van der Waals surface area contributed by atoms with Crippen molar-refractivity contribution in [2.75, 3.05) is 46.4 Å². The van der Waals surface area contributed by atoms with Crippen LogP contribution in [0.1, 0.15) is 18.4 Å². The summed E-state index contributed by atoms with van der Waals surface area (Å²) in [4.78, 5) is 17.2. The second kappa shape index (κ2) is 8.09. The van der Waals surface area contributed by atoms with Crippen LogP contribution in [-0.2, 0) is 23.1 Å². The second-order valence-corrected chi connectivity index (χ2v) is 6.91. The zero-order chi connectivity index (χ0) is 16.9. The Bertz CT molecular complexity index is 541. The molecule has 2 fully saturated rings. The molecule has 0 aliphatic carbocycles. The van der Waals surface area contributed by atoms with Crippen LogP contribution in [-0.4, -0.2) is 78.0 Å². The van der Waals surface area contributed by atoms with Crippen LogP contribution < -0.4 is 5.32 Å². The van der Waals surface area contributed by atoms with E-state index >= 15 is 0 Å². The van der Waals surface area contributed by atoms with Gasteiger partial charge in [0.25, 0.3) is 0 Å². The van der Waals surface area contributed by atoms with Gasteiger partial charge in [0.1, 0.15) is 0 Å². The van der Waals surface area contributed by atoms with Gasteiger partial charge < -0.3 is 10.1 Å². The van der Waals surface area contributed by atoms with Crippen molar-refractivity contribution in [1.29, 1.82) is 0 Å². The first-order chi connectivity index (χ1) is 11.7. The number of hydrogen-bond acceptors (Lipinski definition) is 5. The molecule has 24 heavy (non-hydrogen) atoms. The molecule has 0 bridgehead atoms. The fourth-order valence-corrected chi connectivity index (χ4v) is 3.81. The molecule has 2 aliphatic heterocycles. The minimum atomic E-state index is 0.0111. The average Bonchev–Trinajstić information content (AvgIpc) is 2.89. The Labute approximate surface area is 143 Å². The highest BCUT2D eigenvalue weighted by Gasteiger charge is 2.31. The third kappa shape index (κ3) is 4.34. The molecule has 1 atom stereocenters. The van der Waals surface area contributed by atoms with Gasteiger partial charge >= 0.3 is 0 Å². The highest BCUT2D eigenvalue weighted by molar-refractivity contribution is 5.78. The molecule has 134 valence electrons. The van der Waals surface area contributed by atoms with E-state index in [0.29, 0.717) is 6.04 Å². The maximum atomic E-state index is 12.3. The summed E-state index contributed by atoms with van der Waals surface area (Å²) in [5.74, 6) is 0.155. The summed E-state index contributed by atoms with van der Waals surface area (Å²) in [6.45, 7) is 6.17. The molecule has 0 radical (unpaired) electrons. The summed E-state index contributed by atoms with van der Waals surface area (Å²) >= 11 is 0. The summed E-state index contributed by atoms with van der Waals surface area (Å²) < 4.78 is 7.33. The molecule has 1 N–H and O–H groups in total. The lowest BCUT2D eigenvalue weighted by molar-refractivity contribution is -0.125. The Morgan fingerprint density at radius 2 is 2.12 bits per heavy atom. The number of nitrogens with zero attached hydrogens (tertiary/aromatic N) is 4. The first-order valence-electron chi connectivity index (χ1n) is 8.89. The van der Waals surface area contributed by atoms with Crippen molar-refractivity contribution < 1.29 is 9.53 Å². The highest BCUT2D eigenvalue weighted by Crippen LogP contribution is 2.20. The number of nitrogens with one attached hydrogen (secondary N) is 1. The Hall–Kier alpha value is -1.44. The maximum Gasteiger partial charge on any atom is 0.225 e. The van der Waals surface area contributed by atoms with E-state index in [2.05, 4.69) is 26.4 Å². The molecule has 7 heteroatoms. The van der Waals surface area contributed by atoms with Crippen LogP contribution in [0, 0.1) is 5.92 Å². The first kappa shape index (κ1) is 17.4. The lowest BCUT2D eigenvalue weighted by atomic mass is 10.0. The Morgan fingerprint density at radius 3 is 2.79 bits per heavy atom. The van der Waals surface area contributed by atoms with Crippen LogP contribution in [0.3, 0.4) is 0 Å². The van der Waals surface area contributed by atoms with E-state index in [0.717, 1.165) is 58.8 Å². The van der Waals surface area contributed by atoms with E-state index in [9.17, 15) is 4.79 Å². The van der Waals surface area contributed by atoms with Crippen LogP contribution in [0.15, 0.2) is 12.4 Å². The quantitative estimate of drug-likeness (QED) is 0.844. The molecule has 1 amide bonds. The van der Waals surface area contributed by atoms with Crippen molar-refractivity contribution in [2.45, 2.75) is 25.4 Å². The Kier molecular flexibility index (Phi) is 5.86. The smallest absolute Gasteiger partial charge is 0.225 e. The predicted octanol–water partition coefficient (Wildman–Crippen LogP) is 0.0789. The summed E-state index contributed by atoms with van der Waals surface area (Å²) in [7, 11) is 3.67. The van der Waals surface area contributed by atoms with E-state index in [1.165, 1.54) is 5.56 Å². The van der Waals surface area contributed by atoms with E-state index in [4.69, 9.17) is 4.74 Å². The van der Waals surface area contributed by atoms with Gasteiger partial charge in [-0.1, -0.05) is 0 Å². The first-order valence-corrected chi connectivity index (χ1v) is 8.89. The number of hydrogen-bond donors (Lipinski definition) is 1. The monoisotopic (exact) mass is 335 g/mol. The lowest BCUT2D eigenvalue weighted by Gasteiger charge is -2.34. The standard InChI is InChI=1S/C17H29N5O2/c1-18-17(23)15-12-21(11-14-9-19-20(2)10-14)5-6-22(13-15)16-3-7-24-8-4-16/h9-10,15-16H,3-8,11-13H2,1-2H3,(H,18,23)/t15-/m1/s1. The van der Waals surface area contributed by atoms with Crippen molar-refractivity contribution in [3.63, 3.8) is 0 Å². The summed E-state index contributed by atoms with van der Waals surface area (Å²) in [6.07, 6.45) is 6.11. The Morgan fingerprint density at radius 1 is 1.33 bits per heavy atom. The Balaban J connectivity index is 1.67. The van der Waals surface area contributed by atoms with Gasteiger partial charge in [-0.05, 0) is 12.8 Å². The topological polar surface area (TPSA) is 62.6 Å². The second-order valence-electron chi connectivity index (χ2n) is 6.91. The molecule has 7 nitrogen and oxygen atoms in total. The number of aryl methyl sites for hydroxylation is 1. The lowest BCUT2D eigenvalue weighted by Crippen LogP contribution is -2.45. The largest absolute Gasteiger partial charge is 0.381 e. The van der Waals surface area contributed by atoms with Crippen LogP contribution in [0.4, 0.5) is 0 Å². The molecule has 0 aromatic carbocycles. The molecule has 0 unspecified atom stereocenters. The number of ether oxygens (including phenoxy) is 1. The van der Waals surface area contributed by atoms with Crippen LogP contribution in [0.5, 0.6) is 0 Å². The van der Waals surface area contributed by atoms with Crippen LogP contribution in [0.2, 0.25) is 0 Å². The van der Waals surface area contributed by atoms with Crippen LogP contribution >= 0.6 is 0 Å². The maximum absolute atomic E-state index is 12.3. The van der Waals surface area contributed by atoms with Gasteiger partial charge in [0.15, 0.2) is 0 Å². The van der Waals surface area contributed by atoms with Gasteiger partial charge in [0, 0.05) is 77.8 Å². The third-order valence-corrected chi connectivity index (χ3v) is 5.13. The molecular formula is C17H29N5O2. The van der Waals surface area contributed by atoms with E-state index < -0.39 is 0 Å². The van der Waals surface area contributed by atoms with E-state index in [1.807, 2.05) is 17.9 Å². The van der Waals surface area contributed by atoms with Crippen molar-refractivity contribution in [2.24, 2.45) is 13.0 Å². The van der Waals surface area contributed by atoms with Gasteiger partial charge in [-0.15, -0.1) is 0 Å². The molecule has 1 aromatic rings.